The van der Waals surface area contributed by atoms with Gasteiger partial charge in [0.05, 0.1) is 25.9 Å². The van der Waals surface area contributed by atoms with Gasteiger partial charge in [0.15, 0.2) is 17.5 Å². The quantitative estimate of drug-likeness (QED) is 0.554. The number of guanidine groups is 1. The molecule has 23 heavy (non-hydrogen) atoms. The Morgan fingerprint density at radius 3 is 2.78 bits per heavy atom. The molecule has 2 aromatic rings. The van der Waals surface area contributed by atoms with Crippen LogP contribution in [-0.2, 0) is 20.1 Å². The van der Waals surface area contributed by atoms with Crippen LogP contribution >= 0.6 is 0 Å². The summed E-state index contributed by atoms with van der Waals surface area (Å²) in [5.41, 5.74) is 1.97. The normalized spacial score (nSPS) is 11.3. The molecule has 0 spiro atoms. The first-order chi connectivity index (χ1) is 11.1. The molecule has 0 unspecified atom stereocenters. The van der Waals surface area contributed by atoms with Crippen molar-refractivity contribution in [2.45, 2.75) is 20.0 Å². The molecule has 0 aliphatic heterocycles. The summed E-state index contributed by atoms with van der Waals surface area (Å²) in [5, 5.41) is 20.4. The number of aliphatic imine (C=N–C) groups is 1. The molecule has 0 fully saturated rings. The monoisotopic (exact) mass is 317 g/mol. The molecule has 0 bridgehead atoms. The van der Waals surface area contributed by atoms with E-state index < -0.39 is 0 Å². The molecule has 0 atom stereocenters. The van der Waals surface area contributed by atoms with E-state index in [1.54, 1.807) is 18.3 Å². The van der Waals surface area contributed by atoms with Gasteiger partial charge in [0.2, 0.25) is 0 Å². The maximum atomic E-state index is 9.80. The van der Waals surface area contributed by atoms with Gasteiger partial charge in [-0.15, -0.1) is 0 Å². The highest BCUT2D eigenvalue weighted by atomic mass is 16.5. The fourth-order valence-corrected chi connectivity index (χ4v) is 2.10. The summed E-state index contributed by atoms with van der Waals surface area (Å²) in [6.45, 7) is 3.88. The second-order valence-corrected chi connectivity index (χ2v) is 5.00. The first-order valence-electron chi connectivity index (χ1n) is 7.49. The van der Waals surface area contributed by atoms with Crippen molar-refractivity contribution >= 4 is 5.96 Å². The Hall–Kier alpha value is -2.70. The number of hydrogen-bond acceptors (Lipinski definition) is 4. The predicted molar refractivity (Wildman–Crippen MR) is 89.5 cm³/mol. The lowest BCUT2D eigenvalue weighted by Gasteiger charge is -2.11. The van der Waals surface area contributed by atoms with Crippen molar-refractivity contribution in [2.75, 3.05) is 13.7 Å². The third-order valence-electron chi connectivity index (χ3n) is 3.37. The van der Waals surface area contributed by atoms with Gasteiger partial charge < -0.3 is 20.5 Å². The fraction of sp³-hybridized carbons (Fsp3) is 0.375. The van der Waals surface area contributed by atoms with E-state index in [1.165, 1.54) is 7.11 Å². The number of nitrogens with zero attached hydrogens (tertiary/aromatic N) is 3. The molecule has 1 aromatic carbocycles. The highest BCUT2D eigenvalue weighted by molar-refractivity contribution is 5.79. The van der Waals surface area contributed by atoms with Crippen LogP contribution < -0.4 is 15.4 Å². The van der Waals surface area contributed by atoms with Gasteiger partial charge in [-0.1, -0.05) is 6.07 Å². The zero-order chi connectivity index (χ0) is 16.7. The lowest BCUT2D eigenvalue weighted by Crippen LogP contribution is -2.37. The van der Waals surface area contributed by atoms with Gasteiger partial charge >= 0.3 is 0 Å². The standard InChI is InChI=1S/C16H23N5O2/c1-4-17-16(19-11-13-7-8-20-21(13)2)18-10-12-5-6-15(23-3)14(22)9-12/h5-9,22H,4,10-11H2,1-3H3,(H2,17,18,19). The maximum absolute atomic E-state index is 9.80. The van der Waals surface area contributed by atoms with E-state index in [9.17, 15) is 5.11 Å². The van der Waals surface area contributed by atoms with Gasteiger partial charge in [0.25, 0.3) is 0 Å². The third kappa shape index (κ3) is 4.64. The van der Waals surface area contributed by atoms with Crippen molar-refractivity contribution in [3.63, 3.8) is 0 Å². The minimum absolute atomic E-state index is 0.119. The molecule has 0 saturated heterocycles. The number of ether oxygens (including phenoxy) is 1. The number of aromatic hydroxyl groups is 1. The molecule has 7 nitrogen and oxygen atoms in total. The Morgan fingerprint density at radius 1 is 1.35 bits per heavy atom. The molecular formula is C16H23N5O2. The van der Waals surface area contributed by atoms with Gasteiger partial charge in [-0.3, -0.25) is 4.68 Å². The van der Waals surface area contributed by atoms with Crippen LogP contribution in [0.4, 0.5) is 0 Å². The average molecular weight is 317 g/mol. The van der Waals surface area contributed by atoms with Crippen molar-refractivity contribution < 1.29 is 9.84 Å². The van der Waals surface area contributed by atoms with Crippen LogP contribution in [0.1, 0.15) is 18.2 Å². The molecular weight excluding hydrogens is 294 g/mol. The Balaban J connectivity index is 2.00. The summed E-state index contributed by atoms with van der Waals surface area (Å²) < 4.78 is 6.85. The van der Waals surface area contributed by atoms with E-state index >= 15 is 0 Å². The van der Waals surface area contributed by atoms with Crippen LogP contribution in [-0.4, -0.2) is 34.5 Å². The molecule has 0 saturated carbocycles. The number of nitrogens with one attached hydrogen (secondary N) is 2. The van der Waals surface area contributed by atoms with Crippen molar-refractivity contribution in [3.05, 3.63) is 41.7 Å². The Morgan fingerprint density at radius 2 is 2.17 bits per heavy atom. The van der Waals surface area contributed by atoms with Gasteiger partial charge in [0.1, 0.15) is 0 Å². The summed E-state index contributed by atoms with van der Waals surface area (Å²) in [6.07, 6.45) is 1.77. The fourth-order valence-electron chi connectivity index (χ4n) is 2.10. The predicted octanol–water partition coefficient (Wildman–Crippen LogP) is 1.39. The van der Waals surface area contributed by atoms with Crippen LogP contribution in [0.2, 0.25) is 0 Å². The summed E-state index contributed by atoms with van der Waals surface area (Å²) in [6, 6.07) is 7.23. The Labute approximate surface area is 136 Å². The van der Waals surface area contributed by atoms with Crippen LogP contribution in [0, 0.1) is 0 Å². The molecule has 0 amide bonds. The highest BCUT2D eigenvalue weighted by Gasteiger charge is 2.04. The van der Waals surface area contributed by atoms with Crippen molar-refractivity contribution in [1.29, 1.82) is 0 Å². The van der Waals surface area contributed by atoms with E-state index in [-0.39, 0.29) is 5.75 Å². The minimum Gasteiger partial charge on any atom is -0.504 e. The van der Waals surface area contributed by atoms with Crippen LogP contribution in [0.3, 0.4) is 0 Å². The summed E-state index contributed by atoms with van der Waals surface area (Å²) in [7, 11) is 3.43. The minimum atomic E-state index is 0.119. The van der Waals surface area contributed by atoms with Crippen LogP contribution in [0.25, 0.3) is 0 Å². The first kappa shape index (κ1) is 16.7. The maximum Gasteiger partial charge on any atom is 0.191 e. The smallest absolute Gasteiger partial charge is 0.191 e. The second-order valence-electron chi connectivity index (χ2n) is 5.00. The molecule has 1 heterocycles. The second kappa shape index (κ2) is 8.07. The topological polar surface area (TPSA) is 83.7 Å². The first-order valence-corrected chi connectivity index (χ1v) is 7.49. The van der Waals surface area contributed by atoms with Crippen molar-refractivity contribution in [2.24, 2.45) is 12.0 Å². The van der Waals surface area contributed by atoms with Gasteiger partial charge in [-0.05, 0) is 30.7 Å². The molecule has 7 heteroatoms. The lowest BCUT2D eigenvalue weighted by molar-refractivity contribution is 0.373. The molecule has 1 aromatic heterocycles. The van der Waals surface area contributed by atoms with E-state index in [4.69, 9.17) is 4.74 Å². The zero-order valence-electron chi connectivity index (χ0n) is 13.7. The molecule has 0 radical (unpaired) electrons. The Kier molecular flexibility index (Phi) is 5.85. The van der Waals surface area contributed by atoms with E-state index in [0.29, 0.717) is 24.8 Å². The molecule has 3 N–H and O–H groups in total. The number of aromatic nitrogens is 2. The van der Waals surface area contributed by atoms with Crippen molar-refractivity contribution in [3.8, 4) is 11.5 Å². The van der Waals surface area contributed by atoms with Crippen LogP contribution in [0.5, 0.6) is 11.5 Å². The lowest BCUT2D eigenvalue weighted by atomic mass is 10.2. The number of phenols is 1. The molecule has 124 valence electrons. The molecule has 2 rings (SSSR count). The summed E-state index contributed by atoms with van der Waals surface area (Å²) in [4.78, 5) is 4.52. The van der Waals surface area contributed by atoms with Gasteiger partial charge in [-0.25, -0.2) is 4.99 Å². The van der Waals surface area contributed by atoms with Crippen LogP contribution in [0.15, 0.2) is 35.5 Å². The highest BCUT2D eigenvalue weighted by Crippen LogP contribution is 2.26. The number of hydrogen-bond donors (Lipinski definition) is 3. The third-order valence-corrected chi connectivity index (χ3v) is 3.37. The zero-order valence-corrected chi connectivity index (χ0v) is 13.7. The number of benzene rings is 1. The van der Waals surface area contributed by atoms with Gasteiger partial charge in [0, 0.05) is 19.8 Å². The van der Waals surface area contributed by atoms with Gasteiger partial charge in [-0.2, -0.15) is 5.10 Å². The average Bonchev–Trinajstić information content (AvgIpc) is 2.95. The van der Waals surface area contributed by atoms with E-state index in [0.717, 1.165) is 17.8 Å². The number of phenolic OH excluding ortho intramolecular Hbond substituents is 1. The number of aryl methyl sites for hydroxylation is 1. The largest absolute Gasteiger partial charge is 0.504 e. The Bertz CT molecular complexity index is 666. The molecule has 0 aliphatic rings. The van der Waals surface area contributed by atoms with E-state index in [1.807, 2.05) is 30.8 Å². The summed E-state index contributed by atoms with van der Waals surface area (Å²) >= 11 is 0. The van der Waals surface area contributed by atoms with Crippen molar-refractivity contribution in [1.82, 2.24) is 20.4 Å². The van der Waals surface area contributed by atoms with E-state index in [2.05, 4.69) is 20.7 Å². The number of methoxy groups -OCH3 is 1. The summed E-state index contributed by atoms with van der Waals surface area (Å²) in [5.74, 6) is 1.29. The molecule has 0 aliphatic carbocycles. The SMILES string of the molecule is CCNC(=NCc1ccc(OC)c(O)c1)NCc1ccnn1C. The number of rotatable bonds is 6.